The van der Waals surface area contributed by atoms with Crippen molar-refractivity contribution < 1.29 is 0 Å². The number of hydrogen-bond donors (Lipinski definition) is 0. The van der Waals surface area contributed by atoms with Crippen LogP contribution in [-0.2, 0) is 0 Å². The molecule has 0 nitrogen and oxygen atoms in total. The summed E-state index contributed by atoms with van der Waals surface area (Å²) in [5, 5.41) is 0. The molecule has 0 fully saturated rings. The fourth-order valence-electron chi connectivity index (χ4n) is 1.43. The minimum absolute atomic E-state index is 0.411. The van der Waals surface area contributed by atoms with Crippen molar-refractivity contribution in [3.63, 3.8) is 0 Å². The van der Waals surface area contributed by atoms with Gasteiger partial charge >= 0.3 is 0 Å². The van der Waals surface area contributed by atoms with Crippen LogP contribution in [0.3, 0.4) is 0 Å². The summed E-state index contributed by atoms with van der Waals surface area (Å²) in [7, 11) is 0. The molecule has 2 atom stereocenters. The van der Waals surface area contributed by atoms with Crippen molar-refractivity contribution in [2.24, 2.45) is 5.92 Å². The third-order valence-electron chi connectivity index (χ3n) is 2.50. The van der Waals surface area contributed by atoms with Gasteiger partial charge < -0.3 is 0 Å². The lowest BCUT2D eigenvalue weighted by molar-refractivity contribution is 0.609. The number of halogens is 1. The molecule has 0 spiro atoms. The van der Waals surface area contributed by atoms with Crippen LogP contribution in [0.5, 0.6) is 0 Å². The summed E-state index contributed by atoms with van der Waals surface area (Å²) in [5.41, 5.74) is 1.34. The summed E-state index contributed by atoms with van der Waals surface area (Å²) in [5.74, 6) is 7.07. The highest BCUT2D eigenvalue weighted by Gasteiger charge is 2.11. The average Bonchev–Trinajstić information content (AvgIpc) is 2.17. The highest BCUT2D eigenvalue weighted by molar-refractivity contribution is 9.10. The maximum atomic E-state index is 3.48. The second-order valence-electron chi connectivity index (χ2n) is 3.53. The van der Waals surface area contributed by atoms with Gasteiger partial charge in [-0.15, -0.1) is 5.92 Å². The topological polar surface area (TPSA) is 0 Å². The lowest BCUT2D eigenvalue weighted by Crippen LogP contribution is -2.03. The van der Waals surface area contributed by atoms with E-state index >= 15 is 0 Å². The number of hydrogen-bond acceptors (Lipinski definition) is 0. The van der Waals surface area contributed by atoms with Crippen molar-refractivity contribution in [2.75, 3.05) is 0 Å². The van der Waals surface area contributed by atoms with Gasteiger partial charge in [0.2, 0.25) is 0 Å². The first kappa shape index (κ1) is 11.3. The van der Waals surface area contributed by atoms with Gasteiger partial charge in [0.15, 0.2) is 0 Å². The number of rotatable bonds is 2. The van der Waals surface area contributed by atoms with Gasteiger partial charge in [-0.3, -0.25) is 0 Å². The monoisotopic (exact) mass is 250 g/mol. The minimum atomic E-state index is 0.411. The van der Waals surface area contributed by atoms with Crippen LogP contribution in [0.4, 0.5) is 0 Å². The fraction of sp³-hybridized carbons (Fsp3) is 0.385. The van der Waals surface area contributed by atoms with Crippen LogP contribution in [0.25, 0.3) is 0 Å². The van der Waals surface area contributed by atoms with E-state index in [-0.39, 0.29) is 0 Å². The van der Waals surface area contributed by atoms with Gasteiger partial charge in [0.05, 0.1) is 0 Å². The van der Waals surface area contributed by atoms with E-state index in [2.05, 4.69) is 59.8 Å². The van der Waals surface area contributed by atoms with E-state index in [1.165, 1.54) is 5.56 Å². The van der Waals surface area contributed by atoms with Crippen molar-refractivity contribution >= 4 is 15.9 Å². The summed E-state index contributed by atoms with van der Waals surface area (Å²) in [4.78, 5) is 0. The van der Waals surface area contributed by atoms with E-state index < -0.39 is 0 Å². The first-order chi connectivity index (χ1) is 6.65. The van der Waals surface area contributed by atoms with Gasteiger partial charge in [0.1, 0.15) is 0 Å². The molecule has 0 saturated heterocycles. The smallest absolute Gasteiger partial charge is 0.0240 e. The Labute approximate surface area is 94.9 Å². The Morgan fingerprint density at radius 1 is 1.29 bits per heavy atom. The van der Waals surface area contributed by atoms with Crippen molar-refractivity contribution in [1.29, 1.82) is 0 Å². The van der Waals surface area contributed by atoms with E-state index in [1.807, 2.05) is 13.0 Å². The third-order valence-corrected chi connectivity index (χ3v) is 2.99. The Morgan fingerprint density at radius 2 is 2.00 bits per heavy atom. The molecule has 0 aromatic heterocycles. The Kier molecular flexibility index (Phi) is 4.22. The maximum absolute atomic E-state index is 3.48. The van der Waals surface area contributed by atoms with Gasteiger partial charge in [-0.05, 0) is 30.5 Å². The number of benzene rings is 1. The second-order valence-corrected chi connectivity index (χ2v) is 4.44. The molecule has 0 bridgehead atoms. The molecule has 14 heavy (non-hydrogen) atoms. The van der Waals surface area contributed by atoms with Crippen molar-refractivity contribution in [3.8, 4) is 11.8 Å². The Morgan fingerprint density at radius 3 is 2.57 bits per heavy atom. The quantitative estimate of drug-likeness (QED) is 0.690. The molecular formula is C13H15Br. The van der Waals surface area contributed by atoms with E-state index in [0.717, 1.165) is 4.47 Å². The summed E-state index contributed by atoms with van der Waals surface area (Å²) >= 11 is 3.48. The molecule has 0 aliphatic heterocycles. The largest absolute Gasteiger partial charge is 0.106 e. The summed E-state index contributed by atoms with van der Waals surface area (Å²) in [6.45, 7) is 6.28. The molecule has 0 radical (unpaired) electrons. The zero-order valence-electron chi connectivity index (χ0n) is 8.84. The normalized spacial score (nSPS) is 14.0. The van der Waals surface area contributed by atoms with Crippen molar-refractivity contribution in [3.05, 3.63) is 34.3 Å². The predicted molar refractivity (Wildman–Crippen MR) is 65.2 cm³/mol. The average molecular weight is 251 g/mol. The SMILES string of the molecule is CC#CC(C)C(C)c1cccc(Br)c1. The molecule has 1 rings (SSSR count). The molecule has 0 N–H and O–H groups in total. The lowest BCUT2D eigenvalue weighted by atomic mass is 9.89. The van der Waals surface area contributed by atoms with Gasteiger partial charge in [-0.2, -0.15) is 0 Å². The van der Waals surface area contributed by atoms with Crippen LogP contribution >= 0.6 is 15.9 Å². The van der Waals surface area contributed by atoms with Crippen molar-refractivity contribution in [1.82, 2.24) is 0 Å². The van der Waals surface area contributed by atoms with Crippen LogP contribution in [-0.4, -0.2) is 0 Å². The first-order valence-corrected chi connectivity index (χ1v) is 5.62. The van der Waals surface area contributed by atoms with Crippen LogP contribution in [0.15, 0.2) is 28.7 Å². The summed E-state index contributed by atoms with van der Waals surface area (Å²) in [6.07, 6.45) is 0. The Balaban J connectivity index is 2.87. The zero-order valence-corrected chi connectivity index (χ0v) is 10.4. The van der Waals surface area contributed by atoms with Gasteiger partial charge in [0.25, 0.3) is 0 Å². The molecule has 1 aromatic rings. The molecule has 0 heterocycles. The van der Waals surface area contributed by atoms with E-state index in [1.54, 1.807) is 0 Å². The van der Waals surface area contributed by atoms with Crippen molar-refractivity contribution in [2.45, 2.75) is 26.7 Å². The molecule has 1 heteroatoms. The van der Waals surface area contributed by atoms with Crippen LogP contribution in [0.1, 0.15) is 32.3 Å². The molecule has 74 valence electrons. The summed E-state index contributed by atoms with van der Waals surface area (Å²) < 4.78 is 1.14. The Hall–Kier alpha value is -0.740. The van der Waals surface area contributed by atoms with Gasteiger partial charge in [-0.1, -0.05) is 47.8 Å². The molecule has 0 aliphatic carbocycles. The zero-order chi connectivity index (χ0) is 10.6. The molecule has 0 saturated carbocycles. The third kappa shape index (κ3) is 2.89. The molecule has 0 aliphatic rings. The second kappa shape index (κ2) is 5.22. The highest BCUT2D eigenvalue weighted by Crippen LogP contribution is 2.25. The molecule has 1 aromatic carbocycles. The molecular weight excluding hydrogens is 236 g/mol. The fourth-order valence-corrected chi connectivity index (χ4v) is 1.85. The van der Waals surface area contributed by atoms with Gasteiger partial charge in [0, 0.05) is 10.4 Å². The van der Waals surface area contributed by atoms with Gasteiger partial charge in [-0.25, -0.2) is 0 Å². The Bertz CT molecular complexity index is 357. The van der Waals surface area contributed by atoms with E-state index in [0.29, 0.717) is 11.8 Å². The molecule has 0 amide bonds. The summed E-state index contributed by atoms with van der Waals surface area (Å²) in [6, 6.07) is 8.44. The molecule has 2 unspecified atom stereocenters. The van der Waals surface area contributed by atoms with E-state index in [4.69, 9.17) is 0 Å². The standard InChI is InChI=1S/C13H15Br/c1-4-6-10(2)11(3)12-7-5-8-13(14)9-12/h5,7-11H,1-3H3. The highest BCUT2D eigenvalue weighted by atomic mass is 79.9. The minimum Gasteiger partial charge on any atom is -0.106 e. The van der Waals surface area contributed by atoms with Crippen LogP contribution < -0.4 is 0 Å². The lowest BCUT2D eigenvalue weighted by Gasteiger charge is -2.15. The first-order valence-electron chi connectivity index (χ1n) is 4.83. The predicted octanol–water partition coefficient (Wildman–Crippen LogP) is 4.21. The van der Waals surface area contributed by atoms with E-state index in [9.17, 15) is 0 Å². The van der Waals surface area contributed by atoms with Crippen LogP contribution in [0, 0.1) is 17.8 Å². The van der Waals surface area contributed by atoms with Crippen LogP contribution in [0.2, 0.25) is 0 Å². The maximum Gasteiger partial charge on any atom is 0.0240 e.